The summed E-state index contributed by atoms with van der Waals surface area (Å²) in [5, 5.41) is 11.7. The number of hydrogen-bond donors (Lipinski definition) is 2. The molecule has 22 heteroatoms. The van der Waals surface area contributed by atoms with E-state index in [0.29, 0.717) is 140 Å². The zero-order valence-corrected chi connectivity index (χ0v) is 37.8. The Kier molecular flexibility index (Phi) is 36.1. The van der Waals surface area contributed by atoms with Crippen molar-refractivity contribution in [2.45, 2.75) is 38.8 Å². The fourth-order valence-electron chi connectivity index (χ4n) is 4.71. The van der Waals surface area contributed by atoms with Crippen LogP contribution in [-0.4, -0.2) is 212 Å². The fourth-order valence-corrected chi connectivity index (χ4v) is 6.02. The SMILES string of the molecule is C#CC[N+](C)(C)CCCS(C)(=O)=O.C[N+](C)(CCCS(C)(=O)=O)Cc1cn(CCOCCOCCOCCN)nn1.[N-]=[N+]=NCCCCOCCOCCOCCN. The number of sulfone groups is 2. The van der Waals surface area contributed by atoms with Crippen LogP contribution in [0.2, 0.25) is 0 Å². The van der Waals surface area contributed by atoms with Gasteiger partial charge in [0.15, 0.2) is 0 Å². The van der Waals surface area contributed by atoms with Crippen molar-refractivity contribution >= 4 is 19.7 Å². The van der Waals surface area contributed by atoms with Crippen molar-refractivity contribution in [1.82, 2.24) is 15.0 Å². The highest BCUT2D eigenvalue weighted by Gasteiger charge is 2.19. The minimum atomic E-state index is -2.92. The maximum absolute atomic E-state index is 11.3. The summed E-state index contributed by atoms with van der Waals surface area (Å²) in [6.45, 7) is 11.9. The summed E-state index contributed by atoms with van der Waals surface area (Å²) >= 11 is 0. The van der Waals surface area contributed by atoms with Crippen molar-refractivity contribution < 1.29 is 54.2 Å². The van der Waals surface area contributed by atoms with Gasteiger partial charge in [0, 0.05) is 56.5 Å². The van der Waals surface area contributed by atoms with Gasteiger partial charge >= 0.3 is 0 Å². The molecule has 340 valence electrons. The highest BCUT2D eigenvalue weighted by Crippen LogP contribution is 2.08. The van der Waals surface area contributed by atoms with E-state index in [4.69, 9.17) is 51.8 Å². The van der Waals surface area contributed by atoms with Crippen LogP contribution < -0.4 is 11.5 Å². The molecule has 0 aliphatic carbocycles. The van der Waals surface area contributed by atoms with Crippen molar-refractivity contribution in [2.75, 3.05) is 171 Å². The van der Waals surface area contributed by atoms with E-state index in [1.165, 1.54) is 12.5 Å². The molecule has 20 nitrogen and oxygen atoms in total. The maximum Gasteiger partial charge on any atom is 0.147 e. The third-order valence-corrected chi connectivity index (χ3v) is 9.65. The lowest BCUT2D eigenvalue weighted by Crippen LogP contribution is -2.41. The van der Waals surface area contributed by atoms with Gasteiger partial charge in [-0.05, 0) is 24.3 Å². The average Bonchev–Trinajstić information content (AvgIpc) is 3.56. The molecular formula is C36H76N10O10S2+2. The molecule has 0 atom stereocenters. The lowest BCUT2D eigenvalue weighted by Gasteiger charge is -2.28. The summed E-state index contributed by atoms with van der Waals surface area (Å²) in [5.74, 6) is 3.04. The van der Waals surface area contributed by atoms with Crippen molar-refractivity contribution in [1.29, 1.82) is 0 Å². The zero-order valence-electron chi connectivity index (χ0n) is 36.2. The number of aromatic nitrogens is 3. The molecule has 1 rings (SSSR count). The van der Waals surface area contributed by atoms with Gasteiger partial charge in [-0.1, -0.05) is 10.3 Å². The van der Waals surface area contributed by atoms with Gasteiger partial charge in [0.2, 0.25) is 0 Å². The predicted molar refractivity (Wildman–Crippen MR) is 226 cm³/mol. The predicted octanol–water partition coefficient (Wildman–Crippen LogP) is 0.514. The molecule has 0 spiro atoms. The van der Waals surface area contributed by atoms with E-state index in [9.17, 15) is 16.8 Å². The van der Waals surface area contributed by atoms with Gasteiger partial charge in [-0.3, -0.25) is 0 Å². The van der Waals surface area contributed by atoms with Gasteiger partial charge in [0.25, 0.3) is 0 Å². The van der Waals surface area contributed by atoms with E-state index >= 15 is 0 Å². The van der Waals surface area contributed by atoms with E-state index in [1.807, 2.05) is 20.3 Å². The molecule has 4 N–H and O–H groups in total. The molecule has 0 bridgehead atoms. The van der Waals surface area contributed by atoms with Crippen LogP contribution in [0.15, 0.2) is 11.3 Å². The van der Waals surface area contributed by atoms with Gasteiger partial charge in [0.05, 0.1) is 138 Å². The van der Waals surface area contributed by atoms with Crippen LogP contribution in [0.25, 0.3) is 10.4 Å². The first-order valence-corrected chi connectivity index (χ1v) is 23.7. The molecule has 0 saturated carbocycles. The van der Waals surface area contributed by atoms with Gasteiger partial charge in [-0.2, -0.15) is 0 Å². The zero-order chi connectivity index (χ0) is 44.0. The van der Waals surface area contributed by atoms with Crippen molar-refractivity contribution in [3.8, 4) is 12.3 Å². The van der Waals surface area contributed by atoms with E-state index < -0.39 is 19.7 Å². The van der Waals surface area contributed by atoms with E-state index in [-0.39, 0.29) is 11.5 Å². The minimum absolute atomic E-state index is 0.211. The van der Waals surface area contributed by atoms with Gasteiger partial charge in [-0.15, -0.1) is 11.5 Å². The van der Waals surface area contributed by atoms with Crippen LogP contribution in [0.5, 0.6) is 0 Å². The quantitative estimate of drug-likeness (QED) is 0.0236. The van der Waals surface area contributed by atoms with Gasteiger partial charge in [-0.25, -0.2) is 21.5 Å². The van der Waals surface area contributed by atoms with E-state index in [0.717, 1.165) is 31.6 Å². The lowest BCUT2D eigenvalue weighted by atomic mass is 10.3. The second kappa shape index (κ2) is 36.4. The first-order valence-electron chi connectivity index (χ1n) is 19.6. The highest BCUT2D eigenvalue weighted by molar-refractivity contribution is 7.90. The summed E-state index contributed by atoms with van der Waals surface area (Å²) < 4.78 is 79.1. The molecule has 0 amide bonds. The topological polar surface area (TPSA) is 255 Å². The standard InChI is InChI=1S/C17H36N5O5S.C10H22N4O3.C9H18NO2S/c1-22(2,7-4-14-28(3,23)24)16-17-15-21(20-19-17)6-9-26-11-13-27-12-10-25-8-5-18;11-3-6-16-8-10-17-9-7-15-5-2-1-4-13-14-12;1-5-7-10(2,3)8-6-9-13(4,11)12/h15H,4-14,16,18H2,1-3H3;1-11H2;1H,6-9H2,2-4H3/q+1;;+1. The largest absolute Gasteiger partial charge is 0.379 e. The molecule has 0 aliphatic heterocycles. The molecule has 0 radical (unpaired) electrons. The van der Waals surface area contributed by atoms with Crippen LogP contribution >= 0.6 is 0 Å². The second-order valence-corrected chi connectivity index (χ2v) is 19.2. The van der Waals surface area contributed by atoms with Crippen LogP contribution in [-0.2, 0) is 61.2 Å². The number of azide groups is 1. The summed E-state index contributed by atoms with van der Waals surface area (Å²) in [6, 6.07) is 0. The van der Waals surface area contributed by atoms with Crippen molar-refractivity contribution in [3.05, 3.63) is 22.3 Å². The number of rotatable bonds is 35. The van der Waals surface area contributed by atoms with Crippen LogP contribution in [0, 0.1) is 12.3 Å². The first kappa shape index (κ1) is 57.6. The van der Waals surface area contributed by atoms with Crippen LogP contribution in [0.4, 0.5) is 0 Å². The number of hydrogen-bond acceptors (Lipinski definition) is 15. The van der Waals surface area contributed by atoms with E-state index in [2.05, 4.69) is 40.4 Å². The monoisotopic (exact) mass is 873 g/mol. The number of quaternary nitrogens is 2. The Balaban J connectivity index is 0. The summed E-state index contributed by atoms with van der Waals surface area (Å²) in [4.78, 5) is 2.67. The second-order valence-electron chi connectivity index (χ2n) is 14.7. The fraction of sp³-hybridized carbons (Fsp3) is 0.889. The maximum atomic E-state index is 11.3. The number of terminal acetylenes is 1. The number of nitrogens with two attached hydrogens (primary N) is 2. The average molecular weight is 873 g/mol. The number of unbranched alkanes of at least 4 members (excludes halogenated alkanes) is 1. The molecule has 0 aliphatic rings. The minimum Gasteiger partial charge on any atom is -0.379 e. The molecule has 0 fully saturated rings. The van der Waals surface area contributed by atoms with Gasteiger partial charge < -0.3 is 48.9 Å². The molecule has 0 unspecified atom stereocenters. The molecule has 1 aromatic heterocycles. The smallest absolute Gasteiger partial charge is 0.147 e. The normalized spacial score (nSPS) is 11.8. The summed E-state index contributed by atoms with van der Waals surface area (Å²) in [6.07, 6.45) is 12.7. The Labute approximate surface area is 348 Å². The van der Waals surface area contributed by atoms with Crippen LogP contribution in [0.3, 0.4) is 0 Å². The van der Waals surface area contributed by atoms with Crippen LogP contribution in [0.1, 0.15) is 31.4 Å². The Morgan fingerprint density at radius 2 is 1.17 bits per heavy atom. The Morgan fingerprint density at radius 1 is 0.724 bits per heavy atom. The molecule has 1 aromatic rings. The molecule has 1 heterocycles. The molecule has 0 aromatic carbocycles. The van der Waals surface area contributed by atoms with Gasteiger partial charge in [0.1, 0.15) is 38.5 Å². The Bertz CT molecular complexity index is 1440. The third kappa shape index (κ3) is 44.6. The molecule has 0 saturated heterocycles. The molecule has 58 heavy (non-hydrogen) atoms. The Hall–Kier alpha value is -2.49. The van der Waals surface area contributed by atoms with Crippen molar-refractivity contribution in [2.24, 2.45) is 16.6 Å². The summed E-state index contributed by atoms with van der Waals surface area (Å²) in [7, 11) is 2.39. The lowest BCUT2D eigenvalue weighted by molar-refractivity contribution is -0.903. The highest BCUT2D eigenvalue weighted by atomic mass is 32.2. The molecular weight excluding hydrogens is 797 g/mol. The number of nitrogens with zero attached hydrogens (tertiary/aromatic N) is 8. The summed E-state index contributed by atoms with van der Waals surface area (Å²) in [5.41, 5.74) is 19.5. The third-order valence-electron chi connectivity index (χ3n) is 7.59. The first-order chi connectivity index (χ1) is 27.4. The van der Waals surface area contributed by atoms with E-state index in [1.54, 1.807) is 4.68 Å². The Morgan fingerprint density at radius 3 is 1.62 bits per heavy atom. The van der Waals surface area contributed by atoms with Crippen molar-refractivity contribution in [3.63, 3.8) is 0 Å². The number of ether oxygens (including phenoxy) is 6.